The van der Waals surface area contributed by atoms with E-state index in [0.717, 1.165) is 5.13 Å². The Morgan fingerprint density at radius 2 is 2.13 bits per heavy atom. The number of nitrogens with one attached hydrogen (secondary N) is 1. The van der Waals surface area contributed by atoms with E-state index in [4.69, 9.17) is 9.47 Å². The van der Waals surface area contributed by atoms with Gasteiger partial charge in [-0.25, -0.2) is 9.78 Å². The number of carbonyl (C=O) groups is 2. The Hall–Kier alpha value is -2.88. The highest BCUT2D eigenvalue weighted by Crippen LogP contribution is 2.26. The van der Waals surface area contributed by atoms with Gasteiger partial charge in [0.1, 0.15) is 23.7 Å². The molecule has 9 nitrogen and oxygen atoms in total. The molecule has 162 valence electrons. The van der Waals surface area contributed by atoms with Gasteiger partial charge in [0.2, 0.25) is 0 Å². The fourth-order valence-electron chi connectivity index (χ4n) is 3.00. The molecule has 1 atom stereocenters. The smallest absolute Gasteiger partial charge is 0.410 e. The zero-order valence-electron chi connectivity index (χ0n) is 17.6. The number of amides is 2. The van der Waals surface area contributed by atoms with Crippen molar-refractivity contribution in [2.75, 3.05) is 38.2 Å². The summed E-state index contributed by atoms with van der Waals surface area (Å²) in [4.78, 5) is 36.8. The summed E-state index contributed by atoms with van der Waals surface area (Å²) in [6.07, 6.45) is 2.98. The van der Waals surface area contributed by atoms with Gasteiger partial charge in [-0.1, -0.05) is 0 Å². The molecule has 2 aromatic heterocycles. The minimum absolute atomic E-state index is 0.157. The summed E-state index contributed by atoms with van der Waals surface area (Å²) in [6.45, 7) is 7.35. The van der Waals surface area contributed by atoms with E-state index >= 15 is 0 Å². The average Bonchev–Trinajstić information content (AvgIpc) is 3.21. The van der Waals surface area contributed by atoms with Crippen LogP contribution in [-0.4, -0.2) is 71.8 Å². The van der Waals surface area contributed by atoms with Crippen LogP contribution >= 0.6 is 11.3 Å². The lowest BCUT2D eigenvalue weighted by molar-refractivity contribution is 0.0201. The summed E-state index contributed by atoms with van der Waals surface area (Å²) >= 11 is 1.40. The fourth-order valence-corrected chi connectivity index (χ4v) is 3.90. The number of anilines is 1. The second-order valence-corrected chi connectivity index (χ2v) is 8.70. The number of ether oxygens (including phenoxy) is 2. The van der Waals surface area contributed by atoms with Crippen molar-refractivity contribution in [1.82, 2.24) is 20.2 Å². The molecule has 30 heavy (non-hydrogen) atoms. The van der Waals surface area contributed by atoms with Gasteiger partial charge in [-0.2, -0.15) is 0 Å². The minimum Gasteiger partial charge on any atom is -0.490 e. The second kappa shape index (κ2) is 9.29. The van der Waals surface area contributed by atoms with Crippen molar-refractivity contribution in [3.8, 4) is 5.75 Å². The number of hydrogen-bond acceptors (Lipinski definition) is 8. The van der Waals surface area contributed by atoms with Crippen LogP contribution in [0.15, 0.2) is 29.9 Å². The molecular weight excluding hydrogens is 406 g/mol. The third-order valence-corrected chi connectivity index (χ3v) is 5.29. The van der Waals surface area contributed by atoms with Crippen molar-refractivity contribution in [2.24, 2.45) is 0 Å². The highest BCUT2D eigenvalue weighted by Gasteiger charge is 2.34. The Morgan fingerprint density at radius 1 is 1.33 bits per heavy atom. The Kier molecular flexibility index (Phi) is 6.76. The monoisotopic (exact) mass is 433 g/mol. The number of hydrogen-bond donors (Lipinski definition) is 1. The van der Waals surface area contributed by atoms with E-state index in [-0.39, 0.29) is 18.0 Å². The van der Waals surface area contributed by atoms with Crippen molar-refractivity contribution in [2.45, 2.75) is 32.4 Å². The van der Waals surface area contributed by atoms with Crippen molar-refractivity contribution in [3.63, 3.8) is 0 Å². The molecule has 0 spiro atoms. The lowest BCUT2D eigenvalue weighted by Gasteiger charge is -2.41. The van der Waals surface area contributed by atoms with Gasteiger partial charge in [0, 0.05) is 38.3 Å². The number of aromatic nitrogens is 2. The maximum absolute atomic E-state index is 12.6. The van der Waals surface area contributed by atoms with E-state index < -0.39 is 5.60 Å². The first-order chi connectivity index (χ1) is 14.3. The predicted octanol–water partition coefficient (Wildman–Crippen LogP) is 2.40. The molecule has 3 rings (SSSR count). The van der Waals surface area contributed by atoms with E-state index in [1.165, 1.54) is 11.3 Å². The molecule has 1 fully saturated rings. The molecule has 3 heterocycles. The van der Waals surface area contributed by atoms with Crippen molar-refractivity contribution < 1.29 is 19.1 Å². The van der Waals surface area contributed by atoms with Gasteiger partial charge in [-0.15, -0.1) is 11.3 Å². The molecule has 0 bridgehead atoms. The topological polar surface area (TPSA) is 96.9 Å². The zero-order chi connectivity index (χ0) is 21.7. The van der Waals surface area contributed by atoms with Crippen LogP contribution in [0.5, 0.6) is 5.75 Å². The maximum atomic E-state index is 12.6. The molecule has 0 aliphatic carbocycles. The molecule has 10 heteroatoms. The molecule has 1 aliphatic rings. The summed E-state index contributed by atoms with van der Waals surface area (Å²) in [5.74, 6) is 0.421. The van der Waals surface area contributed by atoms with Crippen molar-refractivity contribution >= 4 is 28.5 Å². The first-order valence-corrected chi connectivity index (χ1v) is 10.6. The van der Waals surface area contributed by atoms with Gasteiger partial charge in [0.15, 0.2) is 5.13 Å². The third-order valence-electron chi connectivity index (χ3n) is 4.41. The summed E-state index contributed by atoms with van der Waals surface area (Å²) < 4.78 is 11.4. The van der Waals surface area contributed by atoms with E-state index in [2.05, 4.69) is 20.2 Å². The molecule has 0 radical (unpaired) electrons. The first kappa shape index (κ1) is 21.8. The van der Waals surface area contributed by atoms with Gasteiger partial charge in [-0.05, 0) is 32.9 Å². The first-order valence-electron chi connectivity index (χ1n) is 9.72. The fraction of sp³-hybridized carbons (Fsp3) is 0.500. The van der Waals surface area contributed by atoms with Crippen molar-refractivity contribution in [1.29, 1.82) is 0 Å². The number of nitrogens with zero attached hydrogens (tertiary/aromatic N) is 4. The number of thiazole rings is 1. The number of carbonyl (C=O) groups excluding carboxylic acids is 2. The molecule has 1 saturated heterocycles. The third kappa shape index (κ3) is 5.59. The van der Waals surface area contributed by atoms with E-state index in [9.17, 15) is 9.59 Å². The Bertz CT molecular complexity index is 868. The van der Waals surface area contributed by atoms with E-state index in [1.807, 2.05) is 26.8 Å². The standard InChI is InChI=1S/C20H27N5O4S/c1-20(2,3)29-19(27)24-8-9-25(18-23-16(13-30-18)17(26)21-4)14(11-24)12-28-15-6-5-7-22-10-15/h5-7,10,13-14H,8-9,11-12H2,1-4H3,(H,21,26). The van der Waals surface area contributed by atoms with Gasteiger partial charge in [0.05, 0.1) is 12.2 Å². The minimum atomic E-state index is -0.562. The maximum Gasteiger partial charge on any atom is 0.410 e. The number of rotatable bonds is 5. The second-order valence-electron chi connectivity index (χ2n) is 7.87. The molecule has 0 saturated carbocycles. The van der Waals surface area contributed by atoms with Gasteiger partial charge in [0.25, 0.3) is 5.91 Å². The van der Waals surface area contributed by atoms with Crippen LogP contribution in [0, 0.1) is 0 Å². The molecule has 2 amide bonds. The highest BCUT2D eigenvalue weighted by atomic mass is 32.1. The highest BCUT2D eigenvalue weighted by molar-refractivity contribution is 7.14. The molecule has 1 aliphatic heterocycles. The summed E-state index contributed by atoms with van der Waals surface area (Å²) in [6, 6.07) is 3.48. The van der Waals surface area contributed by atoms with Crippen LogP contribution in [0.4, 0.5) is 9.93 Å². The Balaban J connectivity index is 1.76. The van der Waals surface area contributed by atoms with Gasteiger partial charge >= 0.3 is 6.09 Å². The van der Waals surface area contributed by atoms with Crippen LogP contribution in [0.3, 0.4) is 0 Å². The molecule has 0 aromatic carbocycles. The molecular formula is C20H27N5O4S. The Morgan fingerprint density at radius 3 is 2.80 bits per heavy atom. The molecule has 2 aromatic rings. The van der Waals surface area contributed by atoms with Gasteiger partial charge in [-0.3, -0.25) is 9.78 Å². The van der Waals surface area contributed by atoms with Gasteiger partial charge < -0.3 is 24.6 Å². The summed E-state index contributed by atoms with van der Waals surface area (Å²) in [7, 11) is 1.57. The van der Waals surface area contributed by atoms with Crippen LogP contribution in [0.1, 0.15) is 31.3 Å². The van der Waals surface area contributed by atoms with Crippen molar-refractivity contribution in [3.05, 3.63) is 35.6 Å². The summed E-state index contributed by atoms with van der Waals surface area (Å²) in [5, 5.41) is 5.03. The van der Waals surface area contributed by atoms with E-state index in [1.54, 1.807) is 35.8 Å². The number of piperazine rings is 1. The van der Waals surface area contributed by atoms with E-state index in [0.29, 0.717) is 37.7 Å². The summed E-state index contributed by atoms with van der Waals surface area (Å²) in [5.41, 5.74) is -0.188. The van der Waals surface area contributed by atoms with Crippen LogP contribution in [0.25, 0.3) is 0 Å². The quantitative estimate of drug-likeness (QED) is 0.773. The van der Waals surface area contributed by atoms with Crippen LogP contribution in [0.2, 0.25) is 0 Å². The zero-order valence-corrected chi connectivity index (χ0v) is 18.4. The normalized spacial score (nSPS) is 16.9. The predicted molar refractivity (Wildman–Crippen MR) is 114 cm³/mol. The number of pyridine rings is 1. The van der Waals surface area contributed by atoms with Crippen LogP contribution < -0.4 is 15.0 Å². The largest absolute Gasteiger partial charge is 0.490 e. The SMILES string of the molecule is CNC(=O)c1csc(N2CCN(C(=O)OC(C)(C)C)CC2COc2cccnc2)n1. The average molecular weight is 434 g/mol. The molecule has 1 unspecified atom stereocenters. The molecule has 1 N–H and O–H groups in total. The van der Waals surface area contributed by atoms with Crippen LogP contribution in [-0.2, 0) is 4.74 Å². The lowest BCUT2D eigenvalue weighted by atomic mass is 10.2. The Labute approximate surface area is 180 Å². The lowest BCUT2D eigenvalue weighted by Crippen LogP contribution is -2.57.